The van der Waals surface area contributed by atoms with Crippen molar-refractivity contribution >= 4 is 0 Å². The molecule has 1 heterocycles. The maximum atomic E-state index is 2.57. The van der Waals surface area contributed by atoms with E-state index in [4.69, 9.17) is 0 Å². The Labute approximate surface area is 87.5 Å². The quantitative estimate of drug-likeness (QED) is 0.648. The van der Waals surface area contributed by atoms with Crippen molar-refractivity contribution in [2.45, 2.75) is 32.6 Å². The predicted molar refractivity (Wildman–Crippen MR) is 61.3 cm³/mol. The summed E-state index contributed by atoms with van der Waals surface area (Å²) >= 11 is 0. The molecule has 1 aliphatic heterocycles. The number of hydrogen-bond donors (Lipinski definition) is 0. The minimum absolute atomic E-state index is 0.891. The van der Waals surface area contributed by atoms with Crippen LogP contribution < -0.4 is 0 Å². The molecule has 0 amide bonds. The zero-order valence-corrected chi connectivity index (χ0v) is 9.21. The van der Waals surface area contributed by atoms with E-state index < -0.39 is 0 Å². The smallest absolute Gasteiger partial charge is 0.00131 e. The maximum Gasteiger partial charge on any atom is -0.00131 e. The summed E-state index contributed by atoms with van der Waals surface area (Å²) in [5, 5.41) is 0. The first-order valence-corrected chi connectivity index (χ1v) is 5.98. The maximum absolute atomic E-state index is 2.57. The van der Waals surface area contributed by atoms with Gasteiger partial charge in [-0.05, 0) is 51.2 Å². The van der Waals surface area contributed by atoms with Crippen LogP contribution in [0.4, 0.5) is 0 Å². The molecule has 2 rings (SSSR count). The SMILES string of the molecule is CCN1CCC(C2=CC=CCC2)CC1. The Morgan fingerprint density at radius 3 is 2.71 bits per heavy atom. The van der Waals surface area contributed by atoms with Gasteiger partial charge in [0.2, 0.25) is 0 Å². The Morgan fingerprint density at radius 1 is 1.36 bits per heavy atom. The molecule has 1 fully saturated rings. The Bertz CT molecular complexity index is 232. The van der Waals surface area contributed by atoms with Crippen LogP contribution in [-0.4, -0.2) is 24.5 Å². The Balaban J connectivity index is 1.88. The monoisotopic (exact) mass is 191 g/mol. The lowest BCUT2D eigenvalue weighted by Crippen LogP contribution is -2.34. The summed E-state index contributed by atoms with van der Waals surface area (Å²) in [7, 11) is 0. The van der Waals surface area contributed by atoms with Gasteiger partial charge in [0.25, 0.3) is 0 Å². The highest BCUT2D eigenvalue weighted by Gasteiger charge is 2.20. The summed E-state index contributed by atoms with van der Waals surface area (Å²) in [6, 6.07) is 0. The molecule has 78 valence electrons. The standard InChI is InChI=1S/C13H21N/c1-2-14-10-8-13(9-11-14)12-6-4-3-5-7-12/h3-4,6,13H,2,5,7-11H2,1H3. The first kappa shape index (κ1) is 9.97. The zero-order valence-electron chi connectivity index (χ0n) is 9.21. The first-order valence-electron chi connectivity index (χ1n) is 5.98. The summed E-state index contributed by atoms with van der Waals surface area (Å²) in [6.07, 6.45) is 12.2. The van der Waals surface area contributed by atoms with E-state index in [-0.39, 0.29) is 0 Å². The molecule has 1 saturated heterocycles. The molecule has 0 N–H and O–H groups in total. The van der Waals surface area contributed by atoms with E-state index in [0.717, 1.165) is 5.92 Å². The highest BCUT2D eigenvalue weighted by molar-refractivity contribution is 5.20. The van der Waals surface area contributed by atoms with E-state index in [1.54, 1.807) is 5.57 Å². The highest BCUT2D eigenvalue weighted by atomic mass is 15.1. The van der Waals surface area contributed by atoms with Crippen LogP contribution in [0.5, 0.6) is 0 Å². The Hall–Kier alpha value is -0.560. The van der Waals surface area contributed by atoms with Gasteiger partial charge >= 0.3 is 0 Å². The minimum Gasteiger partial charge on any atom is -0.304 e. The van der Waals surface area contributed by atoms with Gasteiger partial charge in [-0.1, -0.05) is 30.7 Å². The van der Waals surface area contributed by atoms with Crippen LogP contribution in [-0.2, 0) is 0 Å². The molecule has 0 aromatic heterocycles. The van der Waals surface area contributed by atoms with Gasteiger partial charge < -0.3 is 4.90 Å². The third-order valence-corrected chi connectivity index (χ3v) is 3.61. The van der Waals surface area contributed by atoms with Gasteiger partial charge in [0.1, 0.15) is 0 Å². The average Bonchev–Trinajstić information content (AvgIpc) is 2.30. The van der Waals surface area contributed by atoms with Crippen LogP contribution in [0.3, 0.4) is 0 Å². The molecule has 0 atom stereocenters. The van der Waals surface area contributed by atoms with Crippen molar-refractivity contribution < 1.29 is 0 Å². The molecule has 1 heteroatoms. The molecule has 0 aromatic carbocycles. The number of piperidine rings is 1. The third-order valence-electron chi connectivity index (χ3n) is 3.61. The summed E-state index contributed by atoms with van der Waals surface area (Å²) in [5.41, 5.74) is 1.71. The predicted octanol–water partition coefficient (Wildman–Crippen LogP) is 2.99. The summed E-state index contributed by atoms with van der Waals surface area (Å²) < 4.78 is 0. The minimum atomic E-state index is 0.891. The fraction of sp³-hybridized carbons (Fsp3) is 0.692. The number of nitrogens with zero attached hydrogens (tertiary/aromatic N) is 1. The van der Waals surface area contributed by atoms with Gasteiger partial charge in [0, 0.05) is 0 Å². The molecule has 0 unspecified atom stereocenters. The number of rotatable bonds is 2. The van der Waals surface area contributed by atoms with Crippen LogP contribution in [0.15, 0.2) is 23.8 Å². The number of allylic oxidation sites excluding steroid dienone is 4. The van der Waals surface area contributed by atoms with Gasteiger partial charge in [-0.3, -0.25) is 0 Å². The van der Waals surface area contributed by atoms with Gasteiger partial charge in [-0.15, -0.1) is 0 Å². The molecular formula is C13H21N. The fourth-order valence-electron chi connectivity index (χ4n) is 2.58. The van der Waals surface area contributed by atoms with E-state index in [0.29, 0.717) is 0 Å². The Kier molecular flexibility index (Phi) is 3.41. The molecule has 0 spiro atoms. The summed E-state index contributed by atoms with van der Waals surface area (Å²) in [6.45, 7) is 6.11. The van der Waals surface area contributed by atoms with Crippen molar-refractivity contribution in [2.24, 2.45) is 5.92 Å². The fourth-order valence-corrected chi connectivity index (χ4v) is 2.58. The molecule has 0 saturated carbocycles. The topological polar surface area (TPSA) is 3.24 Å². The van der Waals surface area contributed by atoms with Crippen LogP contribution in [0.2, 0.25) is 0 Å². The molecule has 0 aromatic rings. The van der Waals surface area contributed by atoms with Gasteiger partial charge in [0.15, 0.2) is 0 Å². The second-order valence-corrected chi connectivity index (χ2v) is 4.42. The second kappa shape index (κ2) is 4.79. The summed E-state index contributed by atoms with van der Waals surface area (Å²) in [5.74, 6) is 0.891. The Morgan fingerprint density at radius 2 is 2.14 bits per heavy atom. The van der Waals surface area contributed by atoms with Crippen LogP contribution >= 0.6 is 0 Å². The van der Waals surface area contributed by atoms with Crippen molar-refractivity contribution in [1.82, 2.24) is 4.90 Å². The normalized spacial score (nSPS) is 25.1. The van der Waals surface area contributed by atoms with Gasteiger partial charge in [-0.25, -0.2) is 0 Å². The average molecular weight is 191 g/mol. The zero-order chi connectivity index (χ0) is 9.80. The molecular weight excluding hydrogens is 170 g/mol. The van der Waals surface area contributed by atoms with Crippen LogP contribution in [0, 0.1) is 5.92 Å². The van der Waals surface area contributed by atoms with Crippen LogP contribution in [0.1, 0.15) is 32.6 Å². The highest BCUT2D eigenvalue weighted by Crippen LogP contribution is 2.29. The van der Waals surface area contributed by atoms with Crippen molar-refractivity contribution in [3.63, 3.8) is 0 Å². The van der Waals surface area contributed by atoms with Gasteiger partial charge in [-0.2, -0.15) is 0 Å². The van der Waals surface area contributed by atoms with E-state index in [1.807, 2.05) is 0 Å². The molecule has 1 nitrogen and oxygen atoms in total. The van der Waals surface area contributed by atoms with Crippen molar-refractivity contribution in [3.05, 3.63) is 23.8 Å². The van der Waals surface area contributed by atoms with Crippen molar-refractivity contribution in [2.75, 3.05) is 19.6 Å². The van der Waals surface area contributed by atoms with Crippen molar-refractivity contribution in [3.8, 4) is 0 Å². The molecule has 0 radical (unpaired) electrons. The molecule has 0 bridgehead atoms. The lowest BCUT2D eigenvalue weighted by molar-refractivity contribution is 0.206. The van der Waals surface area contributed by atoms with E-state index in [2.05, 4.69) is 30.1 Å². The number of hydrogen-bond acceptors (Lipinski definition) is 1. The molecule has 2 aliphatic rings. The largest absolute Gasteiger partial charge is 0.304 e. The lowest BCUT2D eigenvalue weighted by atomic mass is 9.85. The van der Waals surface area contributed by atoms with Crippen LogP contribution in [0.25, 0.3) is 0 Å². The van der Waals surface area contributed by atoms with E-state index in [1.165, 1.54) is 45.3 Å². The molecule has 1 aliphatic carbocycles. The van der Waals surface area contributed by atoms with E-state index >= 15 is 0 Å². The first-order chi connectivity index (χ1) is 6.90. The third kappa shape index (κ3) is 2.27. The second-order valence-electron chi connectivity index (χ2n) is 4.42. The van der Waals surface area contributed by atoms with Gasteiger partial charge in [0.05, 0.1) is 0 Å². The van der Waals surface area contributed by atoms with E-state index in [9.17, 15) is 0 Å². The summed E-state index contributed by atoms with van der Waals surface area (Å²) in [4.78, 5) is 2.57. The molecule has 14 heavy (non-hydrogen) atoms. The lowest BCUT2D eigenvalue weighted by Gasteiger charge is -2.32. The van der Waals surface area contributed by atoms with Crippen molar-refractivity contribution in [1.29, 1.82) is 0 Å². The number of likely N-dealkylation sites (tertiary alicyclic amines) is 1.